The maximum atomic E-state index is 12.6. The van der Waals surface area contributed by atoms with E-state index in [1.54, 1.807) is 64.4 Å². The minimum Gasteiger partial charge on any atom is -0.463 e. The van der Waals surface area contributed by atoms with Crippen LogP contribution in [0.2, 0.25) is 0 Å². The van der Waals surface area contributed by atoms with E-state index in [9.17, 15) is 18.3 Å². The number of benzene rings is 1. The molecule has 1 aromatic carbocycles. The smallest absolute Gasteiger partial charge is 0.334 e. The highest BCUT2D eigenvalue weighted by atomic mass is 32.2. The Labute approximate surface area is 177 Å². The van der Waals surface area contributed by atoms with Crippen LogP contribution in [0, 0.1) is 0 Å². The van der Waals surface area contributed by atoms with E-state index in [0.29, 0.717) is 22.3 Å². The average Bonchev–Trinajstić information content (AvgIpc) is 2.67. The van der Waals surface area contributed by atoms with Crippen molar-refractivity contribution in [3.8, 4) is 0 Å². The highest BCUT2D eigenvalue weighted by molar-refractivity contribution is 7.89. The number of pyridine rings is 1. The van der Waals surface area contributed by atoms with Gasteiger partial charge in [0.2, 0.25) is 10.0 Å². The number of aromatic nitrogens is 1. The monoisotopic (exact) mass is 432 g/mol. The van der Waals surface area contributed by atoms with Crippen LogP contribution in [0.4, 0.5) is 0 Å². The highest BCUT2D eigenvalue weighted by Crippen LogP contribution is 2.30. The van der Waals surface area contributed by atoms with Gasteiger partial charge in [0.15, 0.2) is 0 Å². The number of nitrogens with zero attached hydrogens (tertiary/aromatic N) is 1. The molecule has 0 fully saturated rings. The van der Waals surface area contributed by atoms with Crippen molar-refractivity contribution in [2.24, 2.45) is 0 Å². The SMILES string of the molecule is CCOC(=O)/C(CCO)=C(/c1ccc(S(=O)(=O)NC(C)(C)C)cc1)c1cccnc1. The molecule has 7 nitrogen and oxygen atoms in total. The van der Waals surface area contributed by atoms with E-state index in [1.807, 2.05) is 0 Å². The zero-order chi connectivity index (χ0) is 22.4. The number of aliphatic hydroxyl groups excluding tert-OH is 1. The number of esters is 1. The van der Waals surface area contributed by atoms with Crippen molar-refractivity contribution in [1.29, 1.82) is 0 Å². The lowest BCUT2D eigenvalue weighted by Crippen LogP contribution is -2.40. The van der Waals surface area contributed by atoms with Gasteiger partial charge >= 0.3 is 5.97 Å². The maximum Gasteiger partial charge on any atom is 0.334 e. The van der Waals surface area contributed by atoms with Gasteiger partial charge < -0.3 is 9.84 Å². The summed E-state index contributed by atoms with van der Waals surface area (Å²) >= 11 is 0. The van der Waals surface area contributed by atoms with Gasteiger partial charge in [-0.25, -0.2) is 17.9 Å². The molecule has 0 unspecified atom stereocenters. The standard InChI is InChI=1S/C22H28N2O5S/c1-5-29-21(26)19(12-14-25)20(17-7-6-13-23-15-17)16-8-10-18(11-9-16)30(27,28)24-22(2,3)4/h6-11,13,15,24-25H,5,12,14H2,1-4H3/b20-19-. The fraction of sp³-hybridized carbons (Fsp3) is 0.364. The topological polar surface area (TPSA) is 106 Å². The number of sulfonamides is 1. The molecule has 2 aromatic rings. The van der Waals surface area contributed by atoms with E-state index in [1.165, 1.54) is 12.1 Å². The van der Waals surface area contributed by atoms with Crippen LogP contribution in [-0.4, -0.2) is 43.2 Å². The Morgan fingerprint density at radius 1 is 1.13 bits per heavy atom. The third-order valence-corrected chi connectivity index (χ3v) is 5.80. The first kappa shape index (κ1) is 23.7. The fourth-order valence-electron chi connectivity index (χ4n) is 2.95. The number of nitrogens with one attached hydrogen (secondary N) is 1. The van der Waals surface area contributed by atoms with Gasteiger partial charge in [-0.2, -0.15) is 0 Å². The van der Waals surface area contributed by atoms with Crippen LogP contribution in [0.5, 0.6) is 0 Å². The van der Waals surface area contributed by atoms with E-state index >= 15 is 0 Å². The summed E-state index contributed by atoms with van der Waals surface area (Å²) in [6.07, 6.45) is 3.32. The summed E-state index contributed by atoms with van der Waals surface area (Å²) in [6.45, 7) is 6.97. The number of hydrogen-bond acceptors (Lipinski definition) is 6. The Morgan fingerprint density at radius 2 is 1.80 bits per heavy atom. The predicted octanol–water partition coefficient (Wildman–Crippen LogP) is 2.91. The molecule has 0 spiro atoms. The van der Waals surface area contributed by atoms with E-state index in [-0.39, 0.29) is 24.5 Å². The lowest BCUT2D eigenvalue weighted by Gasteiger charge is -2.20. The molecule has 0 saturated heterocycles. The molecule has 1 aromatic heterocycles. The molecule has 0 amide bonds. The van der Waals surface area contributed by atoms with E-state index in [4.69, 9.17) is 4.74 Å². The lowest BCUT2D eigenvalue weighted by molar-refractivity contribution is -0.138. The Balaban J connectivity index is 2.60. The Bertz CT molecular complexity index is 992. The second-order valence-electron chi connectivity index (χ2n) is 7.67. The van der Waals surface area contributed by atoms with Crippen LogP contribution in [0.3, 0.4) is 0 Å². The lowest BCUT2D eigenvalue weighted by atomic mass is 9.92. The van der Waals surface area contributed by atoms with Crippen molar-refractivity contribution in [3.63, 3.8) is 0 Å². The van der Waals surface area contributed by atoms with E-state index in [0.717, 1.165) is 0 Å². The molecule has 2 rings (SSSR count). The summed E-state index contributed by atoms with van der Waals surface area (Å²) in [4.78, 5) is 16.8. The van der Waals surface area contributed by atoms with Crippen LogP contribution in [0.15, 0.2) is 59.3 Å². The number of carbonyl (C=O) groups is 1. The molecule has 0 aliphatic carbocycles. The Hall–Kier alpha value is -2.55. The van der Waals surface area contributed by atoms with Gasteiger partial charge in [0.05, 0.1) is 11.5 Å². The molecule has 0 saturated carbocycles. The predicted molar refractivity (Wildman–Crippen MR) is 115 cm³/mol. The van der Waals surface area contributed by atoms with Crippen molar-refractivity contribution in [3.05, 3.63) is 65.5 Å². The number of rotatable bonds is 8. The minimum absolute atomic E-state index is 0.0920. The highest BCUT2D eigenvalue weighted by Gasteiger charge is 2.23. The normalized spacial score (nSPS) is 13.0. The van der Waals surface area contributed by atoms with Gasteiger partial charge in [0.25, 0.3) is 0 Å². The van der Waals surface area contributed by atoms with Crippen LogP contribution in [-0.2, 0) is 19.6 Å². The molecule has 0 aliphatic rings. The van der Waals surface area contributed by atoms with Gasteiger partial charge in [-0.1, -0.05) is 18.2 Å². The van der Waals surface area contributed by atoms with Gasteiger partial charge in [-0.15, -0.1) is 0 Å². The summed E-state index contributed by atoms with van der Waals surface area (Å²) in [5.74, 6) is -0.531. The second-order valence-corrected chi connectivity index (χ2v) is 9.35. The van der Waals surface area contributed by atoms with Gasteiger partial charge in [0.1, 0.15) is 0 Å². The molecular weight excluding hydrogens is 404 g/mol. The number of aliphatic hydroxyl groups is 1. The van der Waals surface area contributed by atoms with Crippen LogP contribution in [0.1, 0.15) is 45.2 Å². The Morgan fingerprint density at radius 3 is 2.30 bits per heavy atom. The molecule has 8 heteroatoms. The summed E-state index contributed by atoms with van der Waals surface area (Å²) in [6, 6.07) is 9.78. The van der Waals surface area contributed by atoms with Gasteiger partial charge in [-0.3, -0.25) is 4.98 Å². The quantitative estimate of drug-likeness (QED) is 0.491. The van der Waals surface area contributed by atoms with Crippen LogP contribution < -0.4 is 4.72 Å². The van der Waals surface area contributed by atoms with Gasteiger partial charge in [-0.05, 0) is 51.5 Å². The van der Waals surface area contributed by atoms with Crippen molar-refractivity contribution in [2.75, 3.05) is 13.2 Å². The number of ether oxygens (including phenoxy) is 1. The largest absolute Gasteiger partial charge is 0.463 e. The van der Waals surface area contributed by atoms with Crippen molar-refractivity contribution < 1.29 is 23.1 Å². The first-order valence-corrected chi connectivity index (χ1v) is 11.1. The summed E-state index contributed by atoms with van der Waals surface area (Å²) in [7, 11) is -3.69. The van der Waals surface area contributed by atoms with Crippen LogP contribution in [0.25, 0.3) is 5.57 Å². The van der Waals surface area contributed by atoms with Gasteiger partial charge in [0, 0.05) is 47.7 Å². The van der Waals surface area contributed by atoms with E-state index < -0.39 is 21.5 Å². The zero-order valence-corrected chi connectivity index (χ0v) is 18.5. The third-order valence-electron chi connectivity index (χ3n) is 4.03. The van der Waals surface area contributed by atoms with Crippen molar-refractivity contribution >= 4 is 21.6 Å². The third kappa shape index (κ3) is 6.22. The molecule has 0 radical (unpaired) electrons. The first-order valence-electron chi connectivity index (χ1n) is 9.65. The molecular formula is C22H28N2O5S. The summed E-state index contributed by atoms with van der Waals surface area (Å²) < 4.78 is 33.0. The van der Waals surface area contributed by atoms with Crippen LogP contribution >= 0.6 is 0 Å². The van der Waals surface area contributed by atoms with Crippen molar-refractivity contribution in [2.45, 2.75) is 44.6 Å². The number of hydrogen-bond donors (Lipinski definition) is 2. The maximum absolute atomic E-state index is 12.6. The Kier molecular flexibility index (Phi) is 7.89. The molecule has 0 atom stereocenters. The van der Waals surface area contributed by atoms with E-state index in [2.05, 4.69) is 9.71 Å². The second kappa shape index (κ2) is 9.97. The fourth-order valence-corrected chi connectivity index (χ4v) is 4.37. The zero-order valence-electron chi connectivity index (χ0n) is 17.7. The summed E-state index contributed by atoms with van der Waals surface area (Å²) in [5, 5.41) is 9.51. The number of carbonyl (C=O) groups excluding carboxylic acids is 1. The molecule has 162 valence electrons. The molecule has 0 aliphatic heterocycles. The summed E-state index contributed by atoms with van der Waals surface area (Å²) in [5.41, 5.74) is 1.52. The minimum atomic E-state index is -3.69. The molecule has 0 bridgehead atoms. The average molecular weight is 433 g/mol. The molecule has 2 N–H and O–H groups in total. The van der Waals surface area contributed by atoms with Crippen molar-refractivity contribution in [1.82, 2.24) is 9.71 Å². The first-order chi connectivity index (χ1) is 14.1. The molecule has 1 heterocycles. The molecule has 30 heavy (non-hydrogen) atoms.